The maximum absolute atomic E-state index is 13.7. The summed E-state index contributed by atoms with van der Waals surface area (Å²) in [5.41, 5.74) is -2.33. The predicted molar refractivity (Wildman–Crippen MR) is 123 cm³/mol. The zero-order valence-corrected chi connectivity index (χ0v) is 20.5. The first-order valence-electron chi connectivity index (χ1n) is 12.4. The number of rotatable bonds is 19. The molecule has 0 amide bonds. The molecule has 0 aliphatic heterocycles. The lowest BCUT2D eigenvalue weighted by Crippen LogP contribution is -2.62. The predicted octanol–water partition coefficient (Wildman–Crippen LogP) is 4.77. The van der Waals surface area contributed by atoms with Crippen molar-refractivity contribution in [1.82, 2.24) is 0 Å². The Morgan fingerprint density at radius 1 is 0.806 bits per heavy atom. The highest BCUT2D eigenvalue weighted by atomic mass is 16.6. The molecule has 6 nitrogen and oxygen atoms in total. The first-order valence-corrected chi connectivity index (χ1v) is 12.4. The molecule has 0 saturated carbocycles. The Morgan fingerprint density at radius 3 is 1.77 bits per heavy atom. The van der Waals surface area contributed by atoms with E-state index in [2.05, 4.69) is 0 Å². The molecule has 4 atom stereocenters. The third kappa shape index (κ3) is 8.64. The van der Waals surface area contributed by atoms with Crippen LogP contribution in [0.4, 0.5) is 0 Å². The second kappa shape index (κ2) is 16.4. The summed E-state index contributed by atoms with van der Waals surface area (Å²) in [5, 5.41) is 20.5. The molecule has 0 saturated heterocycles. The van der Waals surface area contributed by atoms with Gasteiger partial charge >= 0.3 is 5.97 Å². The normalized spacial score (nSPS) is 16.2. The molecule has 0 bridgehead atoms. The van der Waals surface area contributed by atoms with Gasteiger partial charge in [-0.1, -0.05) is 73.1 Å². The molecule has 2 N–H and O–H groups in total. The van der Waals surface area contributed by atoms with E-state index in [-0.39, 0.29) is 6.42 Å². The van der Waals surface area contributed by atoms with E-state index in [9.17, 15) is 24.6 Å². The second-order valence-corrected chi connectivity index (χ2v) is 8.59. The molecule has 4 unspecified atom stereocenters. The van der Waals surface area contributed by atoms with Crippen LogP contribution in [0.2, 0.25) is 0 Å². The average Bonchev–Trinajstić information content (AvgIpc) is 2.77. The summed E-state index contributed by atoms with van der Waals surface area (Å²) in [6.45, 7) is 8.94. The molecule has 0 fully saturated rings. The van der Waals surface area contributed by atoms with Crippen molar-refractivity contribution >= 4 is 17.5 Å². The van der Waals surface area contributed by atoms with Crippen molar-refractivity contribution in [3.05, 3.63) is 0 Å². The number of aliphatic hydroxyl groups excluding tert-OH is 2. The van der Waals surface area contributed by atoms with Crippen molar-refractivity contribution in [1.29, 1.82) is 0 Å². The molecule has 0 aromatic rings. The third-order valence-electron chi connectivity index (χ3n) is 6.19. The van der Waals surface area contributed by atoms with Gasteiger partial charge in [0.05, 0.1) is 12.5 Å². The molecule has 0 aromatic carbocycles. The van der Waals surface area contributed by atoms with Gasteiger partial charge in [-0.25, -0.2) is 0 Å². The van der Waals surface area contributed by atoms with E-state index >= 15 is 0 Å². The number of carbonyl (C=O) groups excluding carboxylic acids is 3. The molecular formula is C25H46O6. The number of unbranched alkanes of at least 4 members (excludes halogenated alkanes) is 4. The monoisotopic (exact) mass is 442 g/mol. The van der Waals surface area contributed by atoms with Gasteiger partial charge in [0.25, 0.3) is 5.60 Å². The Labute approximate surface area is 189 Å². The highest BCUT2D eigenvalue weighted by Gasteiger charge is 2.56. The zero-order chi connectivity index (χ0) is 23.9. The van der Waals surface area contributed by atoms with Crippen molar-refractivity contribution in [2.75, 3.05) is 6.61 Å². The SMILES string of the molecule is CCCCCC(=O)C(OC(=O)C(CC)CCCC)(C(=O)C(CC)CCCC)C(O)CO. The van der Waals surface area contributed by atoms with Gasteiger partial charge in [0.1, 0.15) is 6.10 Å². The lowest BCUT2D eigenvalue weighted by atomic mass is 9.76. The van der Waals surface area contributed by atoms with Crippen molar-refractivity contribution in [3.63, 3.8) is 0 Å². The average molecular weight is 443 g/mol. The van der Waals surface area contributed by atoms with Gasteiger partial charge in [0.15, 0.2) is 11.6 Å². The van der Waals surface area contributed by atoms with Crippen LogP contribution < -0.4 is 0 Å². The Balaban J connectivity index is 6.19. The van der Waals surface area contributed by atoms with Crippen LogP contribution in [-0.2, 0) is 19.1 Å². The first-order chi connectivity index (χ1) is 14.8. The Morgan fingerprint density at radius 2 is 1.32 bits per heavy atom. The lowest BCUT2D eigenvalue weighted by Gasteiger charge is -2.37. The van der Waals surface area contributed by atoms with Gasteiger partial charge in [0.2, 0.25) is 0 Å². The lowest BCUT2D eigenvalue weighted by molar-refractivity contribution is -0.193. The molecule has 0 aromatic heterocycles. The van der Waals surface area contributed by atoms with Gasteiger partial charge in [-0.2, -0.15) is 0 Å². The van der Waals surface area contributed by atoms with Gasteiger partial charge in [-0.3, -0.25) is 14.4 Å². The molecule has 182 valence electrons. The number of ether oxygens (including phenoxy) is 1. The summed E-state index contributed by atoms with van der Waals surface area (Å²) in [6.07, 6.45) is 6.06. The van der Waals surface area contributed by atoms with Crippen LogP contribution in [-0.4, -0.2) is 46.1 Å². The fourth-order valence-corrected chi connectivity index (χ4v) is 3.97. The summed E-state index contributed by atoms with van der Waals surface area (Å²) < 4.78 is 5.71. The van der Waals surface area contributed by atoms with E-state index < -0.39 is 47.7 Å². The fourth-order valence-electron chi connectivity index (χ4n) is 3.97. The largest absolute Gasteiger partial charge is 0.440 e. The smallest absolute Gasteiger partial charge is 0.310 e. The topological polar surface area (TPSA) is 101 Å². The van der Waals surface area contributed by atoms with Gasteiger partial charge in [-0.05, 0) is 32.1 Å². The molecule has 0 aliphatic rings. The number of esters is 1. The minimum absolute atomic E-state index is 0.0277. The van der Waals surface area contributed by atoms with Crippen molar-refractivity contribution in [3.8, 4) is 0 Å². The number of hydrogen-bond acceptors (Lipinski definition) is 6. The number of aliphatic hydroxyl groups is 2. The molecule has 6 heteroatoms. The van der Waals surface area contributed by atoms with Gasteiger partial charge in [-0.15, -0.1) is 0 Å². The molecule has 31 heavy (non-hydrogen) atoms. The zero-order valence-electron chi connectivity index (χ0n) is 20.5. The molecule has 0 spiro atoms. The van der Waals surface area contributed by atoms with E-state index in [4.69, 9.17) is 4.74 Å². The Kier molecular flexibility index (Phi) is 15.7. The van der Waals surface area contributed by atoms with Crippen molar-refractivity contribution in [2.45, 2.75) is 123 Å². The van der Waals surface area contributed by atoms with Crippen molar-refractivity contribution < 1.29 is 29.3 Å². The highest BCUT2D eigenvalue weighted by Crippen LogP contribution is 2.32. The third-order valence-corrected chi connectivity index (χ3v) is 6.19. The van der Waals surface area contributed by atoms with E-state index in [0.717, 1.165) is 38.5 Å². The van der Waals surface area contributed by atoms with Crippen LogP contribution >= 0.6 is 0 Å². The van der Waals surface area contributed by atoms with E-state index in [1.54, 1.807) is 0 Å². The Hall–Kier alpha value is -1.27. The number of ketones is 2. The number of Topliss-reactive ketones (excluding diaryl/α,β-unsaturated/α-hetero) is 2. The molecular weight excluding hydrogens is 396 g/mol. The fraction of sp³-hybridized carbons (Fsp3) is 0.880. The van der Waals surface area contributed by atoms with Crippen molar-refractivity contribution in [2.24, 2.45) is 11.8 Å². The summed E-state index contributed by atoms with van der Waals surface area (Å²) >= 11 is 0. The first kappa shape index (κ1) is 29.7. The standard InChI is InChI=1S/C25H46O6/c1-6-11-14-17-21(27)25(22(28)18-26,23(29)19(9-4)15-12-7-2)31-24(30)20(10-5)16-13-8-3/h19-20,22,26,28H,6-18H2,1-5H3. The molecule has 0 rings (SSSR count). The maximum atomic E-state index is 13.7. The van der Waals surface area contributed by atoms with E-state index in [1.165, 1.54) is 0 Å². The van der Waals surface area contributed by atoms with Gasteiger partial charge in [0, 0.05) is 12.3 Å². The minimum Gasteiger partial charge on any atom is -0.440 e. The minimum atomic E-state index is -2.33. The summed E-state index contributed by atoms with van der Waals surface area (Å²) in [4.78, 5) is 40.1. The van der Waals surface area contributed by atoms with Crippen LogP contribution in [0.3, 0.4) is 0 Å². The van der Waals surface area contributed by atoms with Crippen LogP contribution in [0.15, 0.2) is 0 Å². The van der Waals surface area contributed by atoms with Crippen LogP contribution in [0.25, 0.3) is 0 Å². The van der Waals surface area contributed by atoms with Crippen LogP contribution in [0.5, 0.6) is 0 Å². The second-order valence-electron chi connectivity index (χ2n) is 8.59. The highest BCUT2D eigenvalue weighted by molar-refractivity contribution is 6.13. The van der Waals surface area contributed by atoms with Gasteiger partial charge < -0.3 is 14.9 Å². The molecule has 0 aliphatic carbocycles. The number of carbonyl (C=O) groups is 3. The molecule has 0 radical (unpaired) electrons. The van der Waals surface area contributed by atoms with Crippen LogP contribution in [0, 0.1) is 11.8 Å². The van der Waals surface area contributed by atoms with E-state index in [1.807, 2.05) is 34.6 Å². The Bertz CT molecular complexity index is 532. The van der Waals surface area contributed by atoms with E-state index in [0.29, 0.717) is 32.1 Å². The summed E-state index contributed by atoms with van der Waals surface area (Å²) in [6, 6.07) is 0. The maximum Gasteiger partial charge on any atom is 0.310 e. The number of hydrogen-bond donors (Lipinski definition) is 2. The van der Waals surface area contributed by atoms with Crippen LogP contribution in [0.1, 0.15) is 112 Å². The summed E-state index contributed by atoms with van der Waals surface area (Å²) in [5.74, 6) is -2.76. The summed E-state index contributed by atoms with van der Waals surface area (Å²) in [7, 11) is 0. The molecule has 0 heterocycles. The quantitative estimate of drug-likeness (QED) is 0.170.